The molecular weight excluding hydrogens is 196 g/mol. The highest BCUT2D eigenvalue weighted by Gasteiger charge is 1.73. The molecule has 0 heterocycles. The first kappa shape index (κ1) is 23.3. The summed E-state index contributed by atoms with van der Waals surface area (Å²) < 4.78 is 0. The van der Waals surface area contributed by atoms with Crippen LogP contribution in [-0.4, -0.2) is 22.2 Å². The third-order valence-corrected chi connectivity index (χ3v) is 0.175. The summed E-state index contributed by atoms with van der Waals surface area (Å²) in [6.07, 6.45) is 3.83. The molecule has 0 aromatic rings. The van der Waals surface area contributed by atoms with Gasteiger partial charge in [0, 0.05) is 13.0 Å². The second-order valence-electron chi connectivity index (χ2n) is 2.18. The summed E-state index contributed by atoms with van der Waals surface area (Å²) in [7, 11) is 0. The van der Waals surface area contributed by atoms with Gasteiger partial charge in [-0.1, -0.05) is 32.9 Å². The van der Waals surface area contributed by atoms with E-state index >= 15 is 0 Å². The van der Waals surface area contributed by atoms with E-state index in [0.29, 0.717) is 0 Å². The maximum absolute atomic E-state index is 9.25. The topological polar surface area (TPSA) is 74.6 Å². The van der Waals surface area contributed by atoms with Gasteiger partial charge in [0.25, 0.3) is 5.97 Å². The minimum atomic E-state index is -0.981. The Balaban J connectivity index is -0.0000000553. The van der Waals surface area contributed by atoms with Crippen LogP contribution >= 0.6 is 0 Å². The lowest BCUT2D eigenvalue weighted by Gasteiger charge is -1.64. The number of carbonyl (C=O) groups is 2. The van der Waals surface area contributed by atoms with E-state index in [1.807, 2.05) is 6.92 Å². The third kappa shape index (κ3) is 7640. The monoisotopic (exact) mass is 218 g/mol. The van der Waals surface area contributed by atoms with Crippen LogP contribution in [0.1, 0.15) is 34.1 Å². The predicted molar refractivity (Wildman–Crippen MR) is 63.0 cm³/mol. The SMILES string of the molecule is C=CC.C=CC(=O)O.CC(=O)O.CCC. The Kier molecular flexibility index (Phi) is 45.8. The van der Waals surface area contributed by atoms with Gasteiger partial charge in [0.1, 0.15) is 0 Å². The fourth-order valence-electron chi connectivity index (χ4n) is 0. The highest BCUT2D eigenvalue weighted by molar-refractivity contribution is 5.78. The number of hydrogen-bond donors (Lipinski definition) is 2. The first-order valence-corrected chi connectivity index (χ1v) is 4.45. The number of allylic oxidation sites excluding steroid dienone is 1. The van der Waals surface area contributed by atoms with Crippen molar-refractivity contribution in [3.05, 3.63) is 25.3 Å². The number of carboxylic acid groups (broad SMARTS) is 2. The van der Waals surface area contributed by atoms with E-state index in [1.54, 1.807) is 6.08 Å². The molecule has 0 aliphatic heterocycles. The van der Waals surface area contributed by atoms with Gasteiger partial charge in [-0.2, -0.15) is 0 Å². The van der Waals surface area contributed by atoms with Crippen molar-refractivity contribution in [2.75, 3.05) is 0 Å². The second kappa shape index (κ2) is 29.4. The van der Waals surface area contributed by atoms with Gasteiger partial charge in [0.05, 0.1) is 0 Å². The van der Waals surface area contributed by atoms with Gasteiger partial charge in [-0.15, -0.1) is 6.58 Å². The quantitative estimate of drug-likeness (QED) is 0.524. The molecule has 0 aliphatic rings. The molecule has 4 heteroatoms. The lowest BCUT2D eigenvalue weighted by molar-refractivity contribution is -0.134. The Morgan fingerprint density at radius 2 is 1.27 bits per heavy atom. The summed E-state index contributed by atoms with van der Waals surface area (Å²) in [5, 5.41) is 15.0. The minimum Gasteiger partial charge on any atom is -0.481 e. The van der Waals surface area contributed by atoms with E-state index in [4.69, 9.17) is 15.0 Å². The molecule has 0 amide bonds. The molecule has 4 nitrogen and oxygen atoms in total. The van der Waals surface area contributed by atoms with Crippen LogP contribution in [0.25, 0.3) is 0 Å². The van der Waals surface area contributed by atoms with E-state index in [0.717, 1.165) is 13.0 Å². The molecule has 2 N–H and O–H groups in total. The molecule has 15 heavy (non-hydrogen) atoms. The number of hydrogen-bond acceptors (Lipinski definition) is 2. The van der Waals surface area contributed by atoms with Crippen LogP contribution in [0.15, 0.2) is 25.3 Å². The molecule has 0 atom stereocenters. The van der Waals surface area contributed by atoms with Crippen molar-refractivity contribution in [1.82, 2.24) is 0 Å². The van der Waals surface area contributed by atoms with Crippen LogP contribution < -0.4 is 0 Å². The van der Waals surface area contributed by atoms with Crippen molar-refractivity contribution in [3.8, 4) is 0 Å². The predicted octanol–water partition coefficient (Wildman–Crippen LogP) is 2.96. The Labute approximate surface area is 91.9 Å². The van der Waals surface area contributed by atoms with Crippen molar-refractivity contribution in [1.29, 1.82) is 0 Å². The molecule has 0 aromatic heterocycles. The molecule has 0 bridgehead atoms. The fraction of sp³-hybridized carbons (Fsp3) is 0.455. The summed E-state index contributed by atoms with van der Waals surface area (Å²) >= 11 is 0. The average Bonchev–Trinajstić information content (AvgIpc) is 2.06. The van der Waals surface area contributed by atoms with Crippen LogP contribution in [0.4, 0.5) is 0 Å². The molecule has 0 saturated carbocycles. The average molecular weight is 218 g/mol. The molecule has 0 saturated heterocycles. The summed E-state index contributed by atoms with van der Waals surface area (Å²) in [6.45, 7) is 13.5. The maximum atomic E-state index is 9.25. The summed E-state index contributed by atoms with van der Waals surface area (Å²) in [4.78, 5) is 18.2. The van der Waals surface area contributed by atoms with Crippen LogP contribution in [0.5, 0.6) is 0 Å². The maximum Gasteiger partial charge on any atom is 0.327 e. The first-order valence-electron chi connectivity index (χ1n) is 4.45. The van der Waals surface area contributed by atoms with Crippen LogP contribution in [0, 0.1) is 0 Å². The Morgan fingerprint density at radius 3 is 1.27 bits per heavy atom. The third-order valence-electron chi connectivity index (χ3n) is 0.175. The second-order valence-corrected chi connectivity index (χ2v) is 2.18. The van der Waals surface area contributed by atoms with Crippen molar-refractivity contribution in [2.24, 2.45) is 0 Å². The molecule has 0 radical (unpaired) electrons. The van der Waals surface area contributed by atoms with E-state index in [2.05, 4.69) is 27.0 Å². The van der Waals surface area contributed by atoms with E-state index < -0.39 is 11.9 Å². The molecule has 0 aromatic carbocycles. The van der Waals surface area contributed by atoms with Crippen molar-refractivity contribution < 1.29 is 19.8 Å². The normalized spacial score (nSPS) is 5.87. The largest absolute Gasteiger partial charge is 0.481 e. The highest BCUT2D eigenvalue weighted by Crippen LogP contribution is 1.56. The van der Waals surface area contributed by atoms with E-state index in [9.17, 15) is 4.79 Å². The van der Waals surface area contributed by atoms with Crippen LogP contribution in [-0.2, 0) is 9.59 Å². The Morgan fingerprint density at radius 1 is 1.20 bits per heavy atom. The van der Waals surface area contributed by atoms with Crippen molar-refractivity contribution >= 4 is 11.9 Å². The van der Waals surface area contributed by atoms with Crippen molar-refractivity contribution in [3.63, 3.8) is 0 Å². The van der Waals surface area contributed by atoms with Gasteiger partial charge < -0.3 is 10.2 Å². The lowest BCUT2D eigenvalue weighted by atomic mass is 10.6. The standard InChI is InChI=1S/C3H4O2.C3H8.C3H6.C2H4O2/c1-2-3(4)5;2*1-3-2;1-2(3)4/h2H,1H2,(H,4,5);3H2,1-2H3;3H,1H2,2H3;1H3,(H,3,4). The zero-order valence-electron chi connectivity index (χ0n) is 9.99. The van der Waals surface area contributed by atoms with Crippen molar-refractivity contribution in [2.45, 2.75) is 34.1 Å². The Hall–Kier alpha value is -1.58. The number of carboxylic acids is 2. The molecule has 0 aliphatic carbocycles. The number of rotatable bonds is 1. The molecular formula is C11H22O4. The van der Waals surface area contributed by atoms with Gasteiger partial charge in [-0.3, -0.25) is 4.79 Å². The molecule has 0 unspecified atom stereocenters. The smallest absolute Gasteiger partial charge is 0.327 e. The van der Waals surface area contributed by atoms with E-state index in [1.165, 1.54) is 6.42 Å². The lowest BCUT2D eigenvalue weighted by Crippen LogP contribution is -1.82. The summed E-state index contributed by atoms with van der Waals surface area (Å²) in [5.74, 6) is -1.81. The van der Waals surface area contributed by atoms with Crippen LogP contribution in [0.3, 0.4) is 0 Å². The summed E-state index contributed by atoms with van der Waals surface area (Å²) in [5.41, 5.74) is 0. The molecule has 0 rings (SSSR count). The van der Waals surface area contributed by atoms with Gasteiger partial charge in [0.2, 0.25) is 0 Å². The number of aliphatic carboxylic acids is 2. The van der Waals surface area contributed by atoms with Gasteiger partial charge in [-0.25, -0.2) is 4.79 Å². The molecule has 0 fully saturated rings. The van der Waals surface area contributed by atoms with Crippen LogP contribution in [0.2, 0.25) is 0 Å². The fourth-order valence-corrected chi connectivity index (χ4v) is 0. The van der Waals surface area contributed by atoms with Gasteiger partial charge in [0.15, 0.2) is 0 Å². The Bertz CT molecular complexity index is 158. The zero-order valence-corrected chi connectivity index (χ0v) is 9.99. The summed E-state index contributed by atoms with van der Waals surface area (Å²) in [6, 6.07) is 0. The minimum absolute atomic E-state index is 0.833. The zero-order chi connectivity index (χ0) is 13.3. The molecule has 0 spiro atoms. The highest BCUT2D eigenvalue weighted by atomic mass is 16.4. The van der Waals surface area contributed by atoms with Gasteiger partial charge in [-0.05, 0) is 6.92 Å². The molecule has 90 valence electrons. The first-order chi connectivity index (χ1) is 6.83. The van der Waals surface area contributed by atoms with Gasteiger partial charge >= 0.3 is 5.97 Å². The van der Waals surface area contributed by atoms with E-state index in [-0.39, 0.29) is 0 Å².